The Kier molecular flexibility index (Phi) is 3.66. The van der Waals surface area contributed by atoms with Crippen LogP contribution in [-0.4, -0.2) is 41.0 Å². The zero-order chi connectivity index (χ0) is 13.4. The second-order valence-corrected chi connectivity index (χ2v) is 6.35. The van der Waals surface area contributed by atoms with Crippen molar-refractivity contribution < 1.29 is 0 Å². The lowest BCUT2D eigenvalue weighted by molar-refractivity contribution is 0.273. The Hall–Kier alpha value is -0.830. The highest BCUT2D eigenvalue weighted by molar-refractivity contribution is 7.10. The van der Waals surface area contributed by atoms with Gasteiger partial charge >= 0.3 is 0 Å². The van der Waals surface area contributed by atoms with Crippen LogP contribution in [0, 0.1) is 11.3 Å². The van der Waals surface area contributed by atoms with E-state index >= 15 is 0 Å². The minimum Gasteiger partial charge on any atom is -0.354 e. The molecule has 0 N–H and O–H groups in total. The molecule has 0 amide bonds. The molecule has 2 aliphatic rings. The van der Waals surface area contributed by atoms with Gasteiger partial charge in [-0.2, -0.15) is 9.64 Å². The summed E-state index contributed by atoms with van der Waals surface area (Å²) in [4.78, 5) is 4.93. The number of aromatic nitrogens is 1. The van der Waals surface area contributed by atoms with Gasteiger partial charge in [-0.3, -0.25) is 0 Å². The van der Waals surface area contributed by atoms with Crippen LogP contribution >= 0.6 is 23.1 Å². The Morgan fingerprint density at radius 1 is 1.42 bits per heavy atom. The average Bonchev–Trinajstić information content (AvgIpc) is 2.89. The van der Waals surface area contributed by atoms with Gasteiger partial charge in [0, 0.05) is 25.2 Å². The minimum atomic E-state index is 0.360. The highest BCUT2D eigenvalue weighted by atomic mass is 35.5. The number of hydrogen-bond donors (Lipinski definition) is 0. The fourth-order valence-electron chi connectivity index (χ4n) is 3.30. The normalized spacial score (nSPS) is 27.3. The van der Waals surface area contributed by atoms with Crippen molar-refractivity contribution in [3.8, 4) is 6.07 Å². The molecule has 3 heterocycles. The van der Waals surface area contributed by atoms with Crippen LogP contribution in [0.15, 0.2) is 0 Å². The van der Waals surface area contributed by atoms with Gasteiger partial charge in [-0.1, -0.05) is 18.5 Å². The summed E-state index contributed by atoms with van der Waals surface area (Å²) in [5.41, 5.74) is 0.563. The quantitative estimate of drug-likeness (QED) is 0.842. The van der Waals surface area contributed by atoms with Crippen LogP contribution in [0.5, 0.6) is 0 Å². The molecule has 0 aromatic carbocycles. The van der Waals surface area contributed by atoms with E-state index in [1.807, 2.05) is 0 Å². The highest BCUT2D eigenvalue weighted by Gasteiger charge is 2.39. The number of rotatable bonds is 2. The van der Waals surface area contributed by atoms with E-state index in [0.717, 1.165) is 24.6 Å². The zero-order valence-corrected chi connectivity index (χ0v) is 12.5. The number of likely N-dealkylation sites (tertiary alicyclic amines) is 1. The molecule has 0 spiro atoms. The lowest BCUT2D eigenvalue weighted by Crippen LogP contribution is -2.39. The molecule has 1 aromatic rings. The van der Waals surface area contributed by atoms with Crippen molar-refractivity contribution in [1.82, 2.24) is 9.27 Å². The fourth-order valence-corrected chi connectivity index (χ4v) is 4.47. The van der Waals surface area contributed by atoms with Crippen LogP contribution in [0.2, 0.25) is 5.15 Å². The maximum Gasteiger partial charge on any atom is 0.162 e. The molecule has 0 saturated carbocycles. The van der Waals surface area contributed by atoms with E-state index < -0.39 is 0 Å². The van der Waals surface area contributed by atoms with E-state index in [2.05, 4.69) is 27.2 Å². The molecule has 2 aliphatic heterocycles. The topological polar surface area (TPSA) is 43.2 Å². The summed E-state index contributed by atoms with van der Waals surface area (Å²) in [5, 5.41) is 10.6. The molecule has 2 fully saturated rings. The van der Waals surface area contributed by atoms with E-state index in [0.29, 0.717) is 22.8 Å². The molecule has 19 heavy (non-hydrogen) atoms. The first-order valence-electron chi connectivity index (χ1n) is 6.80. The summed E-state index contributed by atoms with van der Waals surface area (Å²) in [6.07, 6.45) is 3.61. The summed E-state index contributed by atoms with van der Waals surface area (Å²) >= 11 is 7.39. The molecule has 2 bridgehead atoms. The van der Waals surface area contributed by atoms with E-state index in [9.17, 15) is 5.26 Å². The van der Waals surface area contributed by atoms with Gasteiger partial charge in [0.05, 0.1) is 0 Å². The number of anilines is 1. The van der Waals surface area contributed by atoms with Crippen molar-refractivity contribution in [2.45, 2.75) is 38.3 Å². The van der Waals surface area contributed by atoms with Crippen molar-refractivity contribution in [3.63, 3.8) is 0 Å². The number of halogens is 1. The standard InChI is InChI=1S/C13H17ClN4S/c1-2-17-6-5-9-3-4-10(8-17)18(9)13-11(7-15)12(14)16-19-13/h9-10H,2-6,8H2,1H3. The third kappa shape index (κ3) is 2.22. The maximum atomic E-state index is 9.28. The Morgan fingerprint density at radius 2 is 2.21 bits per heavy atom. The van der Waals surface area contributed by atoms with Crippen LogP contribution in [0.4, 0.5) is 5.00 Å². The van der Waals surface area contributed by atoms with E-state index in [1.165, 1.54) is 30.8 Å². The van der Waals surface area contributed by atoms with Gasteiger partial charge in [0.1, 0.15) is 16.6 Å². The van der Waals surface area contributed by atoms with Gasteiger partial charge in [-0.25, -0.2) is 0 Å². The Morgan fingerprint density at radius 3 is 2.95 bits per heavy atom. The average molecular weight is 297 g/mol. The Bertz CT molecular complexity index is 509. The van der Waals surface area contributed by atoms with E-state index in [-0.39, 0.29) is 0 Å². The summed E-state index contributed by atoms with van der Waals surface area (Å²) in [7, 11) is 0. The molecule has 2 unspecified atom stereocenters. The van der Waals surface area contributed by atoms with Crippen LogP contribution < -0.4 is 4.90 Å². The molecule has 6 heteroatoms. The van der Waals surface area contributed by atoms with Gasteiger partial charge < -0.3 is 9.80 Å². The number of likely N-dealkylation sites (N-methyl/N-ethyl adjacent to an activating group) is 1. The van der Waals surface area contributed by atoms with Crippen LogP contribution in [0.3, 0.4) is 0 Å². The summed E-state index contributed by atoms with van der Waals surface area (Å²) in [6.45, 7) is 5.56. The van der Waals surface area contributed by atoms with Gasteiger partial charge in [-0.15, -0.1) is 0 Å². The molecule has 2 saturated heterocycles. The Balaban J connectivity index is 1.94. The molecular formula is C13H17ClN4S. The highest BCUT2D eigenvalue weighted by Crippen LogP contribution is 2.40. The number of hydrogen-bond acceptors (Lipinski definition) is 5. The van der Waals surface area contributed by atoms with E-state index in [1.54, 1.807) is 0 Å². The van der Waals surface area contributed by atoms with Crippen molar-refractivity contribution in [2.75, 3.05) is 24.5 Å². The molecule has 0 aliphatic carbocycles. The monoisotopic (exact) mass is 296 g/mol. The largest absolute Gasteiger partial charge is 0.354 e. The third-order valence-electron chi connectivity index (χ3n) is 4.29. The van der Waals surface area contributed by atoms with Crippen LogP contribution in [-0.2, 0) is 0 Å². The smallest absolute Gasteiger partial charge is 0.162 e. The van der Waals surface area contributed by atoms with Gasteiger partial charge in [0.15, 0.2) is 5.15 Å². The zero-order valence-electron chi connectivity index (χ0n) is 11.0. The summed E-state index contributed by atoms with van der Waals surface area (Å²) in [5.74, 6) is 0. The summed E-state index contributed by atoms with van der Waals surface area (Å²) in [6, 6.07) is 3.27. The summed E-state index contributed by atoms with van der Waals surface area (Å²) < 4.78 is 4.16. The van der Waals surface area contributed by atoms with Crippen molar-refractivity contribution in [1.29, 1.82) is 5.26 Å². The second kappa shape index (κ2) is 5.28. The SMILES string of the molecule is CCN1CCC2CCC(C1)N2c1snc(Cl)c1C#N. The first-order valence-corrected chi connectivity index (χ1v) is 7.95. The first kappa shape index (κ1) is 13.2. The van der Waals surface area contributed by atoms with Crippen molar-refractivity contribution in [2.24, 2.45) is 0 Å². The molecule has 1 aromatic heterocycles. The molecule has 3 rings (SSSR count). The fraction of sp³-hybridized carbons (Fsp3) is 0.692. The predicted octanol–water partition coefficient (Wildman–Crippen LogP) is 2.73. The molecule has 0 radical (unpaired) electrons. The first-order chi connectivity index (χ1) is 9.24. The van der Waals surface area contributed by atoms with Crippen LogP contribution in [0.25, 0.3) is 0 Å². The number of nitriles is 1. The minimum absolute atomic E-state index is 0.360. The van der Waals surface area contributed by atoms with Crippen LogP contribution in [0.1, 0.15) is 31.7 Å². The van der Waals surface area contributed by atoms with Crippen molar-refractivity contribution in [3.05, 3.63) is 10.7 Å². The van der Waals surface area contributed by atoms with Crippen molar-refractivity contribution >= 4 is 28.1 Å². The van der Waals surface area contributed by atoms with E-state index in [4.69, 9.17) is 11.6 Å². The molecule has 2 atom stereocenters. The third-order valence-corrected chi connectivity index (χ3v) is 5.53. The number of fused-ring (bicyclic) bond motifs is 2. The number of nitrogens with zero attached hydrogens (tertiary/aromatic N) is 4. The van der Waals surface area contributed by atoms with Gasteiger partial charge in [0.25, 0.3) is 0 Å². The molecule has 102 valence electrons. The maximum absolute atomic E-state index is 9.28. The van der Waals surface area contributed by atoms with Gasteiger partial charge in [-0.05, 0) is 37.3 Å². The molecular weight excluding hydrogens is 280 g/mol. The second-order valence-electron chi connectivity index (χ2n) is 5.24. The lowest BCUT2D eigenvalue weighted by Gasteiger charge is -2.29. The predicted molar refractivity (Wildman–Crippen MR) is 77.9 cm³/mol. The Labute approximate surface area is 122 Å². The molecule has 4 nitrogen and oxygen atoms in total. The lowest BCUT2D eigenvalue weighted by atomic mass is 10.1. The van der Waals surface area contributed by atoms with Gasteiger partial charge in [0.2, 0.25) is 0 Å².